The van der Waals surface area contributed by atoms with Crippen molar-refractivity contribution in [1.29, 1.82) is 5.26 Å². The van der Waals surface area contributed by atoms with Gasteiger partial charge in [-0.05, 0) is 24.8 Å². The largest absolute Gasteiger partial charge is 0.378 e. The summed E-state index contributed by atoms with van der Waals surface area (Å²) >= 11 is 0. The molecule has 1 saturated heterocycles. The smallest absolute Gasteiger partial charge is 0.223 e. The molecule has 2 atom stereocenters. The van der Waals surface area contributed by atoms with Crippen LogP contribution in [0.1, 0.15) is 56.9 Å². The normalized spacial score (nSPS) is 25.9. The van der Waals surface area contributed by atoms with Gasteiger partial charge < -0.3 is 19.7 Å². The first kappa shape index (κ1) is 24.7. The standard InChI is InChI=1S/C27H37N3O4/c28-20-27(17-23(27)19-34-18-22-7-3-1-4-8-22)26(11-5-2-6-12-26)21-29-24(31)9-10-25(32)30-13-15-33-16-14-30/h1,3-4,7-8,23H,2,5-6,9-19,21H2,(H,29,31). The van der Waals surface area contributed by atoms with E-state index in [-0.39, 0.29) is 36.0 Å². The van der Waals surface area contributed by atoms with Gasteiger partial charge in [0.15, 0.2) is 0 Å². The van der Waals surface area contributed by atoms with Gasteiger partial charge in [0.1, 0.15) is 0 Å². The van der Waals surface area contributed by atoms with E-state index in [4.69, 9.17) is 9.47 Å². The fourth-order valence-corrected chi connectivity index (χ4v) is 5.89. The van der Waals surface area contributed by atoms with Gasteiger partial charge in [-0.25, -0.2) is 0 Å². The fraction of sp³-hybridized carbons (Fsp3) is 0.667. The number of nitrogens with one attached hydrogen (secondary N) is 1. The Balaban J connectivity index is 1.29. The van der Waals surface area contributed by atoms with Gasteiger partial charge in [-0.2, -0.15) is 5.26 Å². The van der Waals surface area contributed by atoms with E-state index in [0.717, 1.165) is 37.7 Å². The van der Waals surface area contributed by atoms with E-state index in [1.807, 2.05) is 30.3 Å². The molecular formula is C27H37N3O4. The molecule has 2 unspecified atom stereocenters. The van der Waals surface area contributed by atoms with Crippen LogP contribution in [0.4, 0.5) is 0 Å². The lowest BCUT2D eigenvalue weighted by Gasteiger charge is -2.42. The van der Waals surface area contributed by atoms with Crippen LogP contribution in [-0.2, 0) is 25.7 Å². The zero-order valence-electron chi connectivity index (χ0n) is 20.1. The lowest BCUT2D eigenvalue weighted by molar-refractivity contribution is -0.137. The number of nitrogens with zero attached hydrogens (tertiary/aromatic N) is 2. The Labute approximate surface area is 202 Å². The van der Waals surface area contributed by atoms with Crippen molar-refractivity contribution in [2.45, 2.75) is 58.0 Å². The Morgan fingerprint density at radius 1 is 1.12 bits per heavy atom. The van der Waals surface area contributed by atoms with Crippen LogP contribution in [0.25, 0.3) is 0 Å². The molecule has 1 aliphatic heterocycles. The minimum Gasteiger partial charge on any atom is -0.378 e. The molecule has 1 aromatic rings. The molecule has 2 saturated carbocycles. The van der Waals surface area contributed by atoms with Crippen LogP contribution < -0.4 is 5.32 Å². The minimum atomic E-state index is -0.430. The number of nitriles is 1. The molecule has 1 aromatic carbocycles. The number of amides is 2. The monoisotopic (exact) mass is 467 g/mol. The van der Waals surface area contributed by atoms with Crippen LogP contribution in [0.3, 0.4) is 0 Å². The summed E-state index contributed by atoms with van der Waals surface area (Å²) < 4.78 is 11.3. The second-order valence-corrected chi connectivity index (χ2v) is 10.1. The van der Waals surface area contributed by atoms with Crippen molar-refractivity contribution < 1.29 is 19.1 Å². The highest BCUT2D eigenvalue weighted by atomic mass is 16.5. The average Bonchev–Trinajstić information content (AvgIpc) is 3.63. The van der Waals surface area contributed by atoms with Crippen molar-refractivity contribution in [2.24, 2.45) is 16.7 Å². The SMILES string of the molecule is N#CC1(C2(CNC(=O)CCC(=O)N3CCOCC3)CCCCC2)CC1COCc1ccccc1. The summed E-state index contributed by atoms with van der Waals surface area (Å²) in [6.45, 7) is 3.97. The van der Waals surface area contributed by atoms with Crippen LogP contribution in [0.2, 0.25) is 0 Å². The Hall–Kier alpha value is -2.43. The van der Waals surface area contributed by atoms with Crippen molar-refractivity contribution >= 4 is 11.8 Å². The number of hydrogen-bond donors (Lipinski definition) is 1. The number of hydrogen-bond acceptors (Lipinski definition) is 5. The topological polar surface area (TPSA) is 91.7 Å². The second kappa shape index (κ2) is 11.3. The summed E-state index contributed by atoms with van der Waals surface area (Å²) in [4.78, 5) is 26.8. The first-order chi connectivity index (χ1) is 16.6. The quantitative estimate of drug-likeness (QED) is 0.569. The van der Waals surface area contributed by atoms with E-state index < -0.39 is 5.41 Å². The molecule has 3 fully saturated rings. The summed E-state index contributed by atoms with van der Waals surface area (Å²) in [6, 6.07) is 12.8. The molecule has 7 nitrogen and oxygen atoms in total. The summed E-state index contributed by atoms with van der Waals surface area (Å²) in [5, 5.41) is 13.4. The molecule has 4 rings (SSSR count). The van der Waals surface area contributed by atoms with Crippen LogP contribution in [-0.4, -0.2) is 56.2 Å². The molecule has 0 aromatic heterocycles. The van der Waals surface area contributed by atoms with E-state index >= 15 is 0 Å². The highest BCUT2D eigenvalue weighted by Gasteiger charge is 2.66. The second-order valence-electron chi connectivity index (χ2n) is 10.1. The minimum absolute atomic E-state index is 0.0112. The van der Waals surface area contributed by atoms with Gasteiger partial charge in [0.25, 0.3) is 0 Å². The maximum atomic E-state index is 12.6. The third-order valence-electron chi connectivity index (χ3n) is 8.05. The van der Waals surface area contributed by atoms with Crippen LogP contribution >= 0.6 is 0 Å². The number of rotatable bonds is 10. The summed E-state index contributed by atoms with van der Waals surface area (Å²) in [5.41, 5.74) is 0.503. The predicted octanol–water partition coefficient (Wildman–Crippen LogP) is 3.44. The molecule has 1 N–H and O–H groups in total. The molecule has 2 aliphatic carbocycles. The predicted molar refractivity (Wildman–Crippen MR) is 127 cm³/mol. The fourth-order valence-electron chi connectivity index (χ4n) is 5.89. The zero-order valence-corrected chi connectivity index (χ0v) is 20.1. The van der Waals surface area contributed by atoms with Crippen LogP contribution in [0.15, 0.2) is 30.3 Å². The van der Waals surface area contributed by atoms with Gasteiger partial charge >= 0.3 is 0 Å². The Kier molecular flexibility index (Phi) is 8.23. The van der Waals surface area contributed by atoms with Crippen molar-refractivity contribution in [3.05, 3.63) is 35.9 Å². The molecule has 2 amide bonds. The van der Waals surface area contributed by atoms with E-state index in [9.17, 15) is 14.9 Å². The van der Waals surface area contributed by atoms with Crippen LogP contribution in [0, 0.1) is 28.1 Å². The first-order valence-corrected chi connectivity index (χ1v) is 12.7. The van der Waals surface area contributed by atoms with Gasteiger partial charge in [-0.15, -0.1) is 0 Å². The lowest BCUT2D eigenvalue weighted by Crippen LogP contribution is -2.46. The molecule has 34 heavy (non-hydrogen) atoms. The van der Waals surface area contributed by atoms with Gasteiger partial charge in [-0.3, -0.25) is 9.59 Å². The van der Waals surface area contributed by atoms with E-state index in [0.29, 0.717) is 46.1 Å². The first-order valence-electron chi connectivity index (χ1n) is 12.7. The van der Waals surface area contributed by atoms with E-state index in [1.165, 1.54) is 6.42 Å². The van der Waals surface area contributed by atoms with E-state index in [2.05, 4.69) is 11.4 Å². The van der Waals surface area contributed by atoms with Crippen molar-refractivity contribution in [3.63, 3.8) is 0 Å². The zero-order chi connectivity index (χ0) is 23.9. The molecule has 3 aliphatic rings. The number of carbonyl (C=O) groups is 2. The molecule has 0 bridgehead atoms. The van der Waals surface area contributed by atoms with Crippen molar-refractivity contribution in [3.8, 4) is 6.07 Å². The molecule has 7 heteroatoms. The van der Waals surface area contributed by atoms with Gasteiger partial charge in [0.05, 0.1) is 37.9 Å². The molecule has 0 radical (unpaired) electrons. The molecule has 184 valence electrons. The number of benzene rings is 1. The Bertz CT molecular complexity index is 872. The Morgan fingerprint density at radius 2 is 1.85 bits per heavy atom. The summed E-state index contributed by atoms with van der Waals surface area (Å²) in [5.74, 6) is 0.119. The number of ether oxygens (including phenoxy) is 2. The summed E-state index contributed by atoms with van der Waals surface area (Å²) in [6.07, 6.45) is 6.53. The molecule has 0 spiro atoms. The van der Waals surface area contributed by atoms with Crippen molar-refractivity contribution in [1.82, 2.24) is 10.2 Å². The number of morpholine rings is 1. The third kappa shape index (κ3) is 5.61. The highest BCUT2D eigenvalue weighted by Crippen LogP contribution is 2.67. The van der Waals surface area contributed by atoms with Gasteiger partial charge in [0.2, 0.25) is 11.8 Å². The van der Waals surface area contributed by atoms with Gasteiger partial charge in [-0.1, -0.05) is 49.6 Å². The number of carbonyl (C=O) groups excluding carboxylic acids is 2. The Morgan fingerprint density at radius 3 is 2.56 bits per heavy atom. The molecule has 1 heterocycles. The third-order valence-corrected chi connectivity index (χ3v) is 8.05. The highest BCUT2D eigenvalue weighted by molar-refractivity contribution is 5.83. The van der Waals surface area contributed by atoms with Crippen LogP contribution in [0.5, 0.6) is 0 Å². The average molecular weight is 468 g/mol. The van der Waals surface area contributed by atoms with Gasteiger partial charge in [0, 0.05) is 43.8 Å². The van der Waals surface area contributed by atoms with Crippen molar-refractivity contribution in [2.75, 3.05) is 39.5 Å². The van der Waals surface area contributed by atoms with E-state index in [1.54, 1.807) is 4.90 Å². The lowest BCUT2D eigenvalue weighted by atomic mass is 9.63. The summed E-state index contributed by atoms with van der Waals surface area (Å²) in [7, 11) is 0. The molecular weight excluding hydrogens is 430 g/mol. The maximum absolute atomic E-state index is 12.6. The maximum Gasteiger partial charge on any atom is 0.223 e.